The molecule has 11 heavy (non-hydrogen) atoms. The fourth-order valence-corrected chi connectivity index (χ4v) is 0.996. The maximum absolute atomic E-state index is 11.1. The third-order valence-corrected chi connectivity index (χ3v) is 1.64. The van der Waals surface area contributed by atoms with Crippen LogP contribution in [0.1, 0.15) is 13.8 Å². The SMILES string of the molecule is CC(C)N1CC(=O)C=CC1=O. The zero-order valence-corrected chi connectivity index (χ0v) is 6.70. The number of amides is 1. The molecule has 0 spiro atoms. The number of nitrogens with zero attached hydrogens (tertiary/aromatic N) is 1. The Bertz CT molecular complexity index is 218. The highest BCUT2D eigenvalue weighted by Gasteiger charge is 2.20. The maximum Gasteiger partial charge on any atom is 0.247 e. The maximum atomic E-state index is 11.1. The summed E-state index contributed by atoms with van der Waals surface area (Å²) in [6.45, 7) is 4.02. The molecule has 0 fully saturated rings. The van der Waals surface area contributed by atoms with Crippen molar-refractivity contribution in [2.75, 3.05) is 6.54 Å². The van der Waals surface area contributed by atoms with Gasteiger partial charge in [-0.05, 0) is 19.9 Å². The molecule has 0 bridgehead atoms. The average molecular weight is 153 g/mol. The average Bonchev–Trinajstić information content (AvgIpc) is 1.94. The minimum absolute atomic E-state index is 0.00157. The van der Waals surface area contributed by atoms with Crippen molar-refractivity contribution < 1.29 is 9.59 Å². The van der Waals surface area contributed by atoms with E-state index in [1.165, 1.54) is 12.2 Å². The van der Waals surface area contributed by atoms with E-state index < -0.39 is 0 Å². The fourth-order valence-electron chi connectivity index (χ4n) is 0.996. The van der Waals surface area contributed by atoms with Crippen LogP contribution in [-0.4, -0.2) is 29.2 Å². The summed E-state index contributed by atoms with van der Waals surface area (Å²) in [6.07, 6.45) is 2.66. The second-order valence-electron chi connectivity index (χ2n) is 2.86. The molecule has 0 radical (unpaired) electrons. The van der Waals surface area contributed by atoms with Gasteiger partial charge in [-0.3, -0.25) is 9.59 Å². The van der Waals surface area contributed by atoms with Crippen molar-refractivity contribution in [1.82, 2.24) is 4.90 Å². The predicted octanol–water partition coefficient (Wildman–Crippen LogP) is 0.362. The van der Waals surface area contributed by atoms with Gasteiger partial charge in [0.2, 0.25) is 5.91 Å². The monoisotopic (exact) mass is 153 g/mol. The molecule has 3 heteroatoms. The van der Waals surface area contributed by atoms with E-state index in [4.69, 9.17) is 0 Å². The lowest BCUT2D eigenvalue weighted by Gasteiger charge is -2.26. The first kappa shape index (κ1) is 7.98. The molecule has 0 saturated carbocycles. The van der Waals surface area contributed by atoms with Crippen LogP contribution in [0.5, 0.6) is 0 Å². The Hall–Kier alpha value is -1.12. The topological polar surface area (TPSA) is 37.4 Å². The van der Waals surface area contributed by atoms with Crippen molar-refractivity contribution >= 4 is 11.7 Å². The quantitative estimate of drug-likeness (QED) is 0.545. The second kappa shape index (κ2) is 2.86. The van der Waals surface area contributed by atoms with Gasteiger partial charge in [0.1, 0.15) is 0 Å². The molecular formula is C8H11NO2. The van der Waals surface area contributed by atoms with E-state index in [1.54, 1.807) is 4.90 Å². The van der Waals surface area contributed by atoms with Gasteiger partial charge in [-0.1, -0.05) is 0 Å². The Labute approximate surface area is 65.7 Å². The Kier molecular flexibility index (Phi) is 2.08. The van der Waals surface area contributed by atoms with Crippen LogP contribution in [0.2, 0.25) is 0 Å². The summed E-state index contributed by atoms with van der Waals surface area (Å²) in [5.41, 5.74) is 0. The van der Waals surface area contributed by atoms with Crippen LogP contribution < -0.4 is 0 Å². The van der Waals surface area contributed by atoms with E-state index in [0.717, 1.165) is 0 Å². The van der Waals surface area contributed by atoms with E-state index in [0.29, 0.717) is 0 Å². The first-order valence-electron chi connectivity index (χ1n) is 3.63. The van der Waals surface area contributed by atoms with Crippen LogP contribution in [0.4, 0.5) is 0 Å². The van der Waals surface area contributed by atoms with E-state index in [1.807, 2.05) is 13.8 Å². The highest BCUT2D eigenvalue weighted by atomic mass is 16.2. The predicted molar refractivity (Wildman–Crippen MR) is 41.0 cm³/mol. The zero-order chi connectivity index (χ0) is 8.43. The molecule has 1 rings (SSSR count). The first-order chi connectivity index (χ1) is 5.11. The third-order valence-electron chi connectivity index (χ3n) is 1.64. The smallest absolute Gasteiger partial charge is 0.247 e. The standard InChI is InChI=1S/C8H11NO2/c1-6(2)9-5-7(10)3-4-8(9)11/h3-4,6H,5H2,1-2H3. The summed E-state index contributed by atoms with van der Waals surface area (Å²) in [5.74, 6) is -0.0714. The number of rotatable bonds is 1. The Morgan fingerprint density at radius 2 is 2.00 bits per heavy atom. The van der Waals surface area contributed by atoms with Gasteiger partial charge in [-0.2, -0.15) is 0 Å². The van der Waals surface area contributed by atoms with Crippen LogP contribution in [0.25, 0.3) is 0 Å². The first-order valence-corrected chi connectivity index (χ1v) is 3.63. The van der Waals surface area contributed by atoms with Gasteiger partial charge in [0.05, 0.1) is 6.54 Å². The van der Waals surface area contributed by atoms with Gasteiger partial charge in [-0.15, -0.1) is 0 Å². The summed E-state index contributed by atoms with van der Waals surface area (Å²) >= 11 is 0. The molecule has 0 N–H and O–H groups in total. The summed E-state index contributed by atoms with van der Waals surface area (Å²) in [6, 6.07) is 0.108. The van der Waals surface area contributed by atoms with Crippen LogP contribution in [0, 0.1) is 0 Å². The summed E-state index contributed by atoms with van der Waals surface area (Å²) in [4.78, 5) is 23.5. The van der Waals surface area contributed by atoms with Gasteiger partial charge in [0.15, 0.2) is 5.78 Å². The van der Waals surface area contributed by atoms with Gasteiger partial charge >= 0.3 is 0 Å². The van der Waals surface area contributed by atoms with Crippen LogP contribution in [0.15, 0.2) is 12.2 Å². The molecular weight excluding hydrogens is 142 g/mol. The molecule has 0 unspecified atom stereocenters. The number of hydrogen-bond donors (Lipinski definition) is 0. The van der Waals surface area contributed by atoms with Gasteiger partial charge < -0.3 is 4.90 Å². The van der Waals surface area contributed by atoms with Crippen LogP contribution in [-0.2, 0) is 9.59 Å². The molecule has 0 aromatic rings. The minimum atomic E-state index is -0.0698. The van der Waals surface area contributed by atoms with E-state index in [-0.39, 0.29) is 24.3 Å². The zero-order valence-electron chi connectivity index (χ0n) is 6.70. The van der Waals surface area contributed by atoms with Crippen LogP contribution >= 0.6 is 0 Å². The fraction of sp³-hybridized carbons (Fsp3) is 0.500. The lowest BCUT2D eigenvalue weighted by Crippen LogP contribution is -2.41. The van der Waals surface area contributed by atoms with Crippen molar-refractivity contribution in [2.24, 2.45) is 0 Å². The van der Waals surface area contributed by atoms with Crippen molar-refractivity contribution in [3.05, 3.63) is 12.2 Å². The molecule has 60 valence electrons. The molecule has 0 aliphatic carbocycles. The summed E-state index contributed by atoms with van der Waals surface area (Å²) < 4.78 is 0. The van der Waals surface area contributed by atoms with E-state index in [9.17, 15) is 9.59 Å². The van der Waals surface area contributed by atoms with Crippen molar-refractivity contribution in [3.63, 3.8) is 0 Å². The van der Waals surface area contributed by atoms with Gasteiger partial charge in [-0.25, -0.2) is 0 Å². The molecule has 0 atom stereocenters. The number of carbonyl (C=O) groups excluding carboxylic acids is 2. The molecule has 0 aromatic carbocycles. The van der Waals surface area contributed by atoms with Gasteiger partial charge in [0, 0.05) is 12.1 Å². The lowest BCUT2D eigenvalue weighted by molar-refractivity contribution is -0.133. The third kappa shape index (κ3) is 1.67. The second-order valence-corrected chi connectivity index (χ2v) is 2.86. The largest absolute Gasteiger partial charge is 0.329 e. The molecule has 3 nitrogen and oxygen atoms in total. The molecule has 0 aromatic heterocycles. The summed E-state index contributed by atoms with van der Waals surface area (Å²) in [7, 11) is 0. The molecule has 1 aliphatic heterocycles. The van der Waals surface area contributed by atoms with Crippen molar-refractivity contribution in [1.29, 1.82) is 0 Å². The van der Waals surface area contributed by atoms with Crippen LogP contribution in [0.3, 0.4) is 0 Å². The van der Waals surface area contributed by atoms with E-state index >= 15 is 0 Å². The highest BCUT2D eigenvalue weighted by molar-refractivity contribution is 6.04. The molecule has 1 heterocycles. The van der Waals surface area contributed by atoms with Gasteiger partial charge in [0.25, 0.3) is 0 Å². The molecule has 0 saturated heterocycles. The Morgan fingerprint density at radius 1 is 1.36 bits per heavy atom. The Balaban J connectivity index is 2.76. The Morgan fingerprint density at radius 3 is 2.45 bits per heavy atom. The minimum Gasteiger partial charge on any atom is -0.329 e. The lowest BCUT2D eigenvalue weighted by atomic mass is 10.2. The summed E-state index contributed by atoms with van der Waals surface area (Å²) in [5, 5.41) is 0. The number of ketones is 1. The van der Waals surface area contributed by atoms with Crippen molar-refractivity contribution in [3.8, 4) is 0 Å². The highest BCUT2D eigenvalue weighted by Crippen LogP contribution is 2.04. The molecule has 1 aliphatic rings. The molecule has 1 amide bonds. The van der Waals surface area contributed by atoms with E-state index in [2.05, 4.69) is 0 Å². The number of carbonyl (C=O) groups is 2. The normalized spacial score (nSPS) is 18.3. The van der Waals surface area contributed by atoms with Crippen molar-refractivity contribution in [2.45, 2.75) is 19.9 Å². The number of hydrogen-bond acceptors (Lipinski definition) is 2.